The first-order chi connectivity index (χ1) is 9.22. The van der Waals surface area contributed by atoms with Gasteiger partial charge in [-0.05, 0) is 32.6 Å². The van der Waals surface area contributed by atoms with Crippen molar-refractivity contribution < 1.29 is 18.3 Å². The largest absolute Gasteiger partial charge is 0.481 e. The second kappa shape index (κ2) is 5.17. The van der Waals surface area contributed by atoms with Gasteiger partial charge in [-0.2, -0.15) is 5.10 Å². The van der Waals surface area contributed by atoms with Crippen molar-refractivity contribution in [2.75, 3.05) is 0 Å². The van der Waals surface area contributed by atoms with Crippen molar-refractivity contribution >= 4 is 16.0 Å². The maximum Gasteiger partial charge on any atom is 0.304 e. The summed E-state index contributed by atoms with van der Waals surface area (Å²) in [5.74, 6) is -0.873. The van der Waals surface area contributed by atoms with E-state index in [4.69, 9.17) is 5.11 Å². The van der Waals surface area contributed by atoms with Crippen molar-refractivity contribution in [1.82, 2.24) is 14.5 Å². The van der Waals surface area contributed by atoms with Crippen LogP contribution in [0.25, 0.3) is 0 Å². The molecule has 20 heavy (non-hydrogen) atoms. The molecule has 1 aliphatic rings. The van der Waals surface area contributed by atoms with Gasteiger partial charge in [0.1, 0.15) is 4.90 Å². The molecule has 1 aliphatic carbocycles. The van der Waals surface area contributed by atoms with Crippen LogP contribution in [0.3, 0.4) is 0 Å². The molecule has 1 unspecified atom stereocenters. The molecule has 8 heteroatoms. The summed E-state index contributed by atoms with van der Waals surface area (Å²) in [7, 11) is -2.07. The van der Waals surface area contributed by atoms with E-state index >= 15 is 0 Å². The highest BCUT2D eigenvalue weighted by molar-refractivity contribution is 7.89. The van der Waals surface area contributed by atoms with E-state index in [0.717, 1.165) is 12.8 Å². The van der Waals surface area contributed by atoms with Crippen LogP contribution in [0, 0.1) is 19.8 Å². The third kappa shape index (κ3) is 3.01. The van der Waals surface area contributed by atoms with E-state index < -0.39 is 22.0 Å². The molecule has 1 aromatic heterocycles. The van der Waals surface area contributed by atoms with Crippen LogP contribution in [-0.2, 0) is 21.9 Å². The van der Waals surface area contributed by atoms with Crippen LogP contribution in [0.5, 0.6) is 0 Å². The lowest BCUT2D eigenvalue weighted by Gasteiger charge is -2.16. The van der Waals surface area contributed by atoms with Crippen molar-refractivity contribution in [2.24, 2.45) is 13.0 Å². The summed E-state index contributed by atoms with van der Waals surface area (Å²) in [5, 5.41) is 13.0. The molecule has 1 atom stereocenters. The van der Waals surface area contributed by atoms with Gasteiger partial charge in [0.05, 0.1) is 17.8 Å². The molecule has 1 fully saturated rings. The SMILES string of the molecule is Cc1nn(C)c(C)c1S(=O)(=O)NC(CC(=O)O)C1CC1. The molecule has 1 aromatic rings. The minimum atomic E-state index is -3.75. The number of aliphatic carboxylic acids is 1. The highest BCUT2D eigenvalue weighted by Crippen LogP contribution is 2.35. The van der Waals surface area contributed by atoms with E-state index in [2.05, 4.69) is 9.82 Å². The molecule has 7 nitrogen and oxygen atoms in total. The molecular weight excluding hydrogens is 282 g/mol. The Labute approximate surface area is 118 Å². The van der Waals surface area contributed by atoms with E-state index in [1.807, 2.05) is 0 Å². The molecular formula is C12H19N3O4S. The van der Waals surface area contributed by atoms with Gasteiger partial charge in [0.15, 0.2) is 0 Å². The Hall–Kier alpha value is -1.41. The van der Waals surface area contributed by atoms with Crippen molar-refractivity contribution in [3.05, 3.63) is 11.4 Å². The van der Waals surface area contributed by atoms with Crippen LogP contribution < -0.4 is 4.72 Å². The monoisotopic (exact) mass is 301 g/mol. The van der Waals surface area contributed by atoms with E-state index in [1.165, 1.54) is 4.68 Å². The quantitative estimate of drug-likeness (QED) is 0.800. The summed E-state index contributed by atoms with van der Waals surface area (Å²) in [6, 6.07) is -0.545. The number of sulfonamides is 1. The van der Waals surface area contributed by atoms with Gasteiger partial charge in [0, 0.05) is 13.1 Å². The molecule has 0 aliphatic heterocycles. The number of aryl methyl sites for hydroxylation is 2. The van der Waals surface area contributed by atoms with E-state index in [0.29, 0.717) is 11.4 Å². The van der Waals surface area contributed by atoms with Gasteiger partial charge in [-0.15, -0.1) is 0 Å². The van der Waals surface area contributed by atoms with Crippen molar-refractivity contribution in [2.45, 2.75) is 44.0 Å². The van der Waals surface area contributed by atoms with Crippen molar-refractivity contribution in [1.29, 1.82) is 0 Å². The summed E-state index contributed by atoms with van der Waals surface area (Å²) in [6.07, 6.45) is 1.54. The lowest BCUT2D eigenvalue weighted by molar-refractivity contribution is -0.137. The zero-order chi connectivity index (χ0) is 15.1. The Morgan fingerprint density at radius 3 is 2.50 bits per heavy atom. The first kappa shape index (κ1) is 15.0. The molecule has 1 heterocycles. The predicted molar refractivity (Wildman–Crippen MR) is 71.8 cm³/mol. The van der Waals surface area contributed by atoms with Gasteiger partial charge in [0.2, 0.25) is 10.0 Å². The van der Waals surface area contributed by atoms with Crippen molar-refractivity contribution in [3.8, 4) is 0 Å². The fraction of sp³-hybridized carbons (Fsp3) is 0.667. The predicted octanol–water partition coefficient (Wildman–Crippen LogP) is 0.569. The third-order valence-corrected chi connectivity index (χ3v) is 5.34. The zero-order valence-corrected chi connectivity index (χ0v) is 12.6. The summed E-state index contributed by atoms with van der Waals surface area (Å²) < 4.78 is 29.0. The van der Waals surface area contributed by atoms with Gasteiger partial charge in [-0.3, -0.25) is 9.48 Å². The van der Waals surface area contributed by atoms with Gasteiger partial charge in [0.25, 0.3) is 0 Å². The van der Waals surface area contributed by atoms with Crippen LogP contribution in [-0.4, -0.2) is 35.3 Å². The lowest BCUT2D eigenvalue weighted by atomic mass is 10.1. The first-order valence-corrected chi connectivity index (χ1v) is 7.95. The minimum Gasteiger partial charge on any atom is -0.481 e. The van der Waals surface area contributed by atoms with E-state index in [1.54, 1.807) is 20.9 Å². The summed E-state index contributed by atoms with van der Waals surface area (Å²) >= 11 is 0. The molecule has 112 valence electrons. The Bertz CT molecular complexity index is 631. The maximum atomic E-state index is 12.5. The van der Waals surface area contributed by atoms with Gasteiger partial charge < -0.3 is 5.11 Å². The minimum absolute atomic E-state index is 0.123. The van der Waals surface area contributed by atoms with E-state index in [-0.39, 0.29) is 17.2 Å². The molecule has 0 radical (unpaired) electrons. The third-order valence-electron chi connectivity index (χ3n) is 3.60. The van der Waals surface area contributed by atoms with Crippen LogP contribution in [0.2, 0.25) is 0 Å². The molecule has 2 rings (SSSR count). The molecule has 0 saturated heterocycles. The Balaban J connectivity index is 2.27. The van der Waals surface area contributed by atoms with Crippen LogP contribution >= 0.6 is 0 Å². The molecule has 0 bridgehead atoms. The lowest BCUT2D eigenvalue weighted by Crippen LogP contribution is -2.38. The average Bonchev–Trinajstić information content (AvgIpc) is 3.06. The van der Waals surface area contributed by atoms with Gasteiger partial charge >= 0.3 is 5.97 Å². The van der Waals surface area contributed by atoms with Crippen molar-refractivity contribution in [3.63, 3.8) is 0 Å². The molecule has 0 amide bonds. The molecule has 1 saturated carbocycles. The molecule has 0 spiro atoms. The topological polar surface area (TPSA) is 101 Å². The maximum absolute atomic E-state index is 12.5. The smallest absolute Gasteiger partial charge is 0.304 e. The number of aromatic nitrogens is 2. The number of carbonyl (C=O) groups is 1. The normalized spacial score (nSPS) is 17.1. The Morgan fingerprint density at radius 1 is 1.50 bits per heavy atom. The number of nitrogens with zero attached hydrogens (tertiary/aromatic N) is 2. The first-order valence-electron chi connectivity index (χ1n) is 6.46. The van der Waals surface area contributed by atoms with Crippen LogP contribution in [0.15, 0.2) is 4.90 Å². The number of carboxylic acids is 1. The number of nitrogens with one attached hydrogen (secondary N) is 1. The summed E-state index contributed by atoms with van der Waals surface area (Å²) in [5.41, 5.74) is 0.960. The highest BCUT2D eigenvalue weighted by Gasteiger charge is 2.37. The van der Waals surface area contributed by atoms with Gasteiger partial charge in [-0.1, -0.05) is 0 Å². The van der Waals surface area contributed by atoms with Gasteiger partial charge in [-0.25, -0.2) is 13.1 Å². The second-order valence-electron chi connectivity index (χ2n) is 5.29. The highest BCUT2D eigenvalue weighted by atomic mass is 32.2. The summed E-state index contributed by atoms with van der Waals surface area (Å²) in [6.45, 7) is 3.31. The number of hydrogen-bond donors (Lipinski definition) is 2. The fourth-order valence-electron chi connectivity index (χ4n) is 2.39. The molecule has 2 N–H and O–H groups in total. The average molecular weight is 301 g/mol. The second-order valence-corrected chi connectivity index (χ2v) is 6.94. The summed E-state index contributed by atoms with van der Waals surface area (Å²) in [4.78, 5) is 11.0. The fourth-order valence-corrected chi connectivity index (χ4v) is 4.14. The number of rotatable bonds is 6. The Kier molecular flexibility index (Phi) is 3.88. The van der Waals surface area contributed by atoms with Crippen LogP contribution in [0.1, 0.15) is 30.7 Å². The standard InChI is InChI=1S/C12H19N3O4S/c1-7-12(8(2)15(3)13-7)20(18,19)14-10(6-11(16)17)9-4-5-9/h9-10,14H,4-6H2,1-3H3,(H,16,17). The zero-order valence-electron chi connectivity index (χ0n) is 11.8. The number of carboxylic acid groups (broad SMARTS) is 1. The number of hydrogen-bond acceptors (Lipinski definition) is 4. The Morgan fingerprint density at radius 2 is 2.10 bits per heavy atom. The van der Waals surface area contributed by atoms with E-state index in [9.17, 15) is 13.2 Å². The van der Waals surface area contributed by atoms with Crippen LogP contribution in [0.4, 0.5) is 0 Å². The molecule has 0 aromatic carbocycles.